The van der Waals surface area contributed by atoms with Crippen LogP contribution in [0.25, 0.3) is 11.1 Å². The fraction of sp³-hybridized carbons (Fsp3) is 0.273. The highest BCUT2D eigenvalue weighted by Gasteiger charge is 2.22. The first-order valence-electron chi connectivity index (χ1n) is 9.60. The van der Waals surface area contributed by atoms with Crippen LogP contribution < -0.4 is 19.7 Å². The van der Waals surface area contributed by atoms with Gasteiger partial charge in [-0.1, -0.05) is 6.07 Å². The number of carbonyl (C=O) groups excluding carboxylic acids is 1. The van der Waals surface area contributed by atoms with E-state index in [-0.39, 0.29) is 5.91 Å². The number of nitrogens with zero attached hydrogens (tertiary/aromatic N) is 2. The van der Waals surface area contributed by atoms with Crippen LogP contribution in [0.4, 0.5) is 10.7 Å². The van der Waals surface area contributed by atoms with Gasteiger partial charge < -0.3 is 24.4 Å². The van der Waals surface area contributed by atoms with Crippen LogP contribution in [-0.2, 0) is 4.74 Å². The van der Waals surface area contributed by atoms with Crippen molar-refractivity contribution in [3.05, 3.63) is 53.7 Å². The van der Waals surface area contributed by atoms with Gasteiger partial charge in [0.1, 0.15) is 0 Å². The first-order valence-corrected chi connectivity index (χ1v) is 10.4. The van der Waals surface area contributed by atoms with E-state index in [9.17, 15) is 4.79 Å². The van der Waals surface area contributed by atoms with E-state index in [4.69, 9.17) is 14.2 Å². The number of aromatic nitrogens is 1. The van der Waals surface area contributed by atoms with Crippen LogP contribution in [0.1, 0.15) is 9.67 Å². The van der Waals surface area contributed by atoms with Gasteiger partial charge in [-0.15, -0.1) is 11.3 Å². The van der Waals surface area contributed by atoms with Crippen LogP contribution >= 0.6 is 11.3 Å². The Morgan fingerprint density at radius 1 is 1.13 bits per heavy atom. The smallest absolute Gasteiger partial charge is 0.265 e. The lowest BCUT2D eigenvalue weighted by Crippen LogP contribution is -2.35. The summed E-state index contributed by atoms with van der Waals surface area (Å²) in [7, 11) is 3.15. The predicted molar refractivity (Wildman–Crippen MR) is 118 cm³/mol. The summed E-state index contributed by atoms with van der Waals surface area (Å²) in [5.74, 6) is 1.00. The number of anilines is 2. The molecule has 2 aromatic heterocycles. The van der Waals surface area contributed by atoms with Gasteiger partial charge in [0.05, 0.1) is 37.3 Å². The summed E-state index contributed by atoms with van der Waals surface area (Å²) in [6, 6.07) is 11.1. The lowest BCUT2D eigenvalue weighted by Gasteiger charge is -2.28. The molecule has 1 aliphatic rings. The van der Waals surface area contributed by atoms with Crippen molar-refractivity contribution in [2.75, 3.05) is 50.7 Å². The minimum Gasteiger partial charge on any atom is -0.493 e. The predicted octanol–water partition coefficient (Wildman–Crippen LogP) is 3.92. The number of amides is 1. The average molecular weight is 426 g/mol. The molecule has 30 heavy (non-hydrogen) atoms. The van der Waals surface area contributed by atoms with Crippen LogP contribution in [-0.4, -0.2) is 51.4 Å². The fourth-order valence-corrected chi connectivity index (χ4v) is 4.46. The molecule has 1 N–H and O–H groups in total. The Morgan fingerprint density at radius 2 is 1.93 bits per heavy atom. The summed E-state index contributed by atoms with van der Waals surface area (Å²) in [5.41, 5.74) is 2.63. The maximum Gasteiger partial charge on any atom is 0.265 e. The van der Waals surface area contributed by atoms with Gasteiger partial charge in [-0.3, -0.25) is 9.78 Å². The van der Waals surface area contributed by atoms with E-state index < -0.39 is 0 Å². The third-order valence-electron chi connectivity index (χ3n) is 4.85. The molecule has 4 rings (SSSR count). The lowest BCUT2D eigenvalue weighted by molar-refractivity contribution is 0.103. The Hall–Kier alpha value is -3.10. The molecule has 3 aromatic rings. The molecule has 156 valence electrons. The van der Waals surface area contributed by atoms with E-state index >= 15 is 0 Å². The summed E-state index contributed by atoms with van der Waals surface area (Å²) in [6.07, 6.45) is 3.57. The Bertz CT molecular complexity index is 1020. The SMILES string of the molecule is COc1ccc(NC(=O)c2cc(-c3cccnc3)c(N3CCOCC3)s2)cc1OC. The third kappa shape index (κ3) is 4.24. The minimum atomic E-state index is -0.170. The zero-order valence-electron chi connectivity index (χ0n) is 16.9. The summed E-state index contributed by atoms with van der Waals surface area (Å²) in [6.45, 7) is 2.95. The number of thiophene rings is 1. The number of ether oxygens (including phenoxy) is 3. The van der Waals surface area contributed by atoms with Crippen LogP contribution in [0.3, 0.4) is 0 Å². The molecule has 0 bridgehead atoms. The Kier molecular flexibility index (Phi) is 6.15. The molecular weight excluding hydrogens is 402 g/mol. The zero-order chi connectivity index (χ0) is 20.9. The van der Waals surface area contributed by atoms with E-state index in [1.165, 1.54) is 11.3 Å². The molecule has 1 saturated heterocycles. The maximum atomic E-state index is 13.0. The van der Waals surface area contributed by atoms with Gasteiger partial charge in [0, 0.05) is 48.4 Å². The Morgan fingerprint density at radius 3 is 2.63 bits per heavy atom. The monoisotopic (exact) mass is 425 g/mol. The van der Waals surface area contributed by atoms with Crippen LogP contribution in [0.2, 0.25) is 0 Å². The standard InChI is InChI=1S/C22H23N3O4S/c1-27-18-6-5-16(12-19(18)28-2)24-21(26)20-13-17(15-4-3-7-23-14-15)22(30-20)25-8-10-29-11-9-25/h3-7,12-14H,8-11H2,1-2H3,(H,24,26). The normalized spacial score (nSPS) is 13.7. The maximum absolute atomic E-state index is 13.0. The van der Waals surface area contributed by atoms with Crippen LogP contribution in [0.15, 0.2) is 48.8 Å². The van der Waals surface area contributed by atoms with Gasteiger partial charge in [0.2, 0.25) is 0 Å². The number of methoxy groups -OCH3 is 2. The van der Waals surface area contributed by atoms with Crippen LogP contribution in [0.5, 0.6) is 11.5 Å². The van der Waals surface area contributed by atoms with Crippen molar-refractivity contribution in [2.45, 2.75) is 0 Å². The third-order valence-corrected chi connectivity index (χ3v) is 6.04. The summed E-state index contributed by atoms with van der Waals surface area (Å²) < 4.78 is 16.1. The first-order chi connectivity index (χ1) is 14.7. The first kappa shape index (κ1) is 20.2. The van der Waals surface area contributed by atoms with E-state index in [1.54, 1.807) is 38.6 Å². The highest BCUT2D eigenvalue weighted by atomic mass is 32.1. The topological polar surface area (TPSA) is 72.9 Å². The van der Waals surface area contributed by atoms with Gasteiger partial charge in [-0.25, -0.2) is 0 Å². The molecule has 7 nitrogen and oxygen atoms in total. The minimum absolute atomic E-state index is 0.170. The van der Waals surface area contributed by atoms with Gasteiger partial charge in [-0.2, -0.15) is 0 Å². The molecule has 8 heteroatoms. The van der Waals surface area contributed by atoms with Gasteiger partial charge in [-0.05, 0) is 24.3 Å². The molecule has 1 aliphatic heterocycles. The molecule has 0 spiro atoms. The van der Waals surface area contributed by atoms with Gasteiger partial charge in [0.15, 0.2) is 11.5 Å². The van der Waals surface area contributed by atoms with E-state index in [0.29, 0.717) is 35.3 Å². The quantitative estimate of drug-likeness (QED) is 0.645. The van der Waals surface area contributed by atoms with Crippen molar-refractivity contribution in [1.82, 2.24) is 4.98 Å². The summed E-state index contributed by atoms with van der Waals surface area (Å²) in [5, 5.41) is 4.02. The van der Waals surface area contributed by atoms with Crippen LogP contribution in [0, 0.1) is 0 Å². The molecule has 0 atom stereocenters. The Labute approximate surface area is 179 Å². The van der Waals surface area contributed by atoms with Crippen molar-refractivity contribution < 1.29 is 19.0 Å². The zero-order valence-corrected chi connectivity index (χ0v) is 17.7. The molecule has 1 fully saturated rings. The van der Waals surface area contributed by atoms with Gasteiger partial charge >= 0.3 is 0 Å². The number of carbonyl (C=O) groups is 1. The number of nitrogens with one attached hydrogen (secondary N) is 1. The highest BCUT2D eigenvalue weighted by molar-refractivity contribution is 7.18. The molecule has 0 saturated carbocycles. The number of hydrogen-bond acceptors (Lipinski definition) is 7. The second-order valence-electron chi connectivity index (χ2n) is 6.69. The average Bonchev–Trinajstić information content (AvgIpc) is 3.26. The van der Waals surface area contributed by atoms with Crippen molar-refractivity contribution in [1.29, 1.82) is 0 Å². The fourth-order valence-electron chi connectivity index (χ4n) is 3.33. The van der Waals surface area contributed by atoms with Crippen molar-refractivity contribution in [3.63, 3.8) is 0 Å². The second kappa shape index (κ2) is 9.15. The highest BCUT2D eigenvalue weighted by Crippen LogP contribution is 2.39. The molecule has 0 unspecified atom stereocenters. The number of hydrogen-bond donors (Lipinski definition) is 1. The van der Waals surface area contributed by atoms with Crippen molar-refractivity contribution in [2.24, 2.45) is 0 Å². The molecular formula is C22H23N3O4S. The molecule has 0 aliphatic carbocycles. The number of rotatable bonds is 6. The molecule has 0 radical (unpaired) electrons. The van der Waals surface area contributed by atoms with Crippen molar-refractivity contribution >= 4 is 27.9 Å². The summed E-state index contributed by atoms with van der Waals surface area (Å²) >= 11 is 1.48. The van der Waals surface area contributed by atoms with E-state index in [2.05, 4.69) is 15.2 Å². The summed E-state index contributed by atoms with van der Waals surface area (Å²) in [4.78, 5) is 20.2. The largest absolute Gasteiger partial charge is 0.493 e. The number of benzene rings is 1. The van der Waals surface area contributed by atoms with Crippen molar-refractivity contribution in [3.8, 4) is 22.6 Å². The van der Waals surface area contributed by atoms with E-state index in [1.807, 2.05) is 24.4 Å². The number of pyridine rings is 1. The lowest BCUT2D eigenvalue weighted by atomic mass is 10.1. The number of morpholine rings is 1. The Balaban J connectivity index is 1.63. The molecule has 3 heterocycles. The molecule has 1 aromatic carbocycles. The molecule has 1 amide bonds. The van der Waals surface area contributed by atoms with Gasteiger partial charge in [0.25, 0.3) is 5.91 Å². The van der Waals surface area contributed by atoms with E-state index in [0.717, 1.165) is 29.2 Å². The second-order valence-corrected chi connectivity index (χ2v) is 7.73.